The van der Waals surface area contributed by atoms with Gasteiger partial charge in [0.1, 0.15) is 5.92 Å². The Hall–Kier alpha value is -0.970. The van der Waals surface area contributed by atoms with Gasteiger partial charge in [0.05, 0.1) is 19.1 Å². The van der Waals surface area contributed by atoms with E-state index in [9.17, 15) is 9.59 Å². The fraction of sp³-hybridized carbons (Fsp3) is 0.800. The molecule has 2 atom stereocenters. The molecule has 0 unspecified atom stereocenters. The molecule has 138 valence electrons. The van der Waals surface area contributed by atoms with E-state index in [0.29, 0.717) is 30.8 Å². The highest BCUT2D eigenvalue weighted by Crippen LogP contribution is 2.60. The molecule has 0 radical (unpaired) electrons. The van der Waals surface area contributed by atoms with Crippen LogP contribution < -0.4 is 0 Å². The molecule has 4 bridgehead atoms. The number of allylic oxidation sites excluding steroid dienone is 1. The second-order valence-corrected chi connectivity index (χ2v) is 9.09. The van der Waals surface area contributed by atoms with Crippen LogP contribution in [0.15, 0.2) is 10.5 Å². The van der Waals surface area contributed by atoms with Crippen molar-refractivity contribution < 1.29 is 19.1 Å². The first kappa shape index (κ1) is 17.4. The van der Waals surface area contributed by atoms with Crippen molar-refractivity contribution in [3.05, 3.63) is 10.5 Å². The minimum absolute atomic E-state index is 0.234. The molecule has 5 aliphatic rings. The van der Waals surface area contributed by atoms with Gasteiger partial charge in [-0.25, -0.2) is 0 Å². The molecule has 4 aliphatic carbocycles. The predicted molar refractivity (Wildman–Crippen MR) is 96.8 cm³/mol. The van der Waals surface area contributed by atoms with Crippen LogP contribution in [-0.2, 0) is 19.1 Å². The van der Waals surface area contributed by atoms with Gasteiger partial charge >= 0.3 is 11.9 Å². The molecular weight excluding hydrogens is 336 g/mol. The lowest BCUT2D eigenvalue weighted by Crippen LogP contribution is -2.41. The van der Waals surface area contributed by atoms with Crippen molar-refractivity contribution in [1.29, 1.82) is 0 Å². The second-order valence-electron chi connectivity index (χ2n) is 8.02. The number of thioether (sulfide) groups is 1. The summed E-state index contributed by atoms with van der Waals surface area (Å²) < 4.78 is 10.6. The summed E-state index contributed by atoms with van der Waals surface area (Å²) in [7, 11) is 0. The second kappa shape index (κ2) is 6.98. The Labute approximate surface area is 154 Å². The Morgan fingerprint density at radius 1 is 0.920 bits per heavy atom. The van der Waals surface area contributed by atoms with Crippen LogP contribution in [0.3, 0.4) is 0 Å². The number of carbonyl (C=O) groups excluding carboxylic acids is 2. The Balaban J connectivity index is 1.67. The highest BCUT2D eigenvalue weighted by molar-refractivity contribution is 8.03. The highest BCUT2D eigenvalue weighted by atomic mass is 32.2. The van der Waals surface area contributed by atoms with E-state index in [1.54, 1.807) is 11.8 Å². The van der Waals surface area contributed by atoms with Gasteiger partial charge in [-0.2, -0.15) is 0 Å². The number of ether oxygens (including phenoxy) is 2. The summed E-state index contributed by atoms with van der Waals surface area (Å²) >= 11 is 1.72. The van der Waals surface area contributed by atoms with Crippen molar-refractivity contribution in [2.24, 2.45) is 35.5 Å². The van der Waals surface area contributed by atoms with Gasteiger partial charge in [0.2, 0.25) is 0 Å². The molecule has 0 N–H and O–H groups in total. The third kappa shape index (κ3) is 3.02. The van der Waals surface area contributed by atoms with Crippen molar-refractivity contribution in [1.82, 2.24) is 0 Å². The van der Waals surface area contributed by atoms with Gasteiger partial charge in [0, 0.05) is 5.75 Å². The van der Waals surface area contributed by atoms with Gasteiger partial charge in [0.15, 0.2) is 0 Å². The number of hydrogen-bond acceptors (Lipinski definition) is 5. The Morgan fingerprint density at radius 2 is 1.48 bits per heavy atom. The lowest BCUT2D eigenvalue weighted by Gasteiger charge is -2.52. The lowest BCUT2D eigenvalue weighted by atomic mass is 9.54. The summed E-state index contributed by atoms with van der Waals surface area (Å²) in [6, 6.07) is 0. The van der Waals surface area contributed by atoms with Gasteiger partial charge in [-0.3, -0.25) is 9.59 Å². The zero-order valence-corrected chi connectivity index (χ0v) is 16.0. The Kier molecular flexibility index (Phi) is 4.87. The van der Waals surface area contributed by atoms with E-state index in [0.717, 1.165) is 11.8 Å². The third-order valence-electron chi connectivity index (χ3n) is 6.54. The van der Waals surface area contributed by atoms with Crippen LogP contribution in [-0.4, -0.2) is 30.9 Å². The minimum Gasteiger partial charge on any atom is -0.466 e. The summed E-state index contributed by atoms with van der Waals surface area (Å²) in [5, 5.41) is 0. The normalized spacial score (nSPS) is 39.0. The van der Waals surface area contributed by atoms with Crippen LogP contribution in [0.5, 0.6) is 0 Å². The van der Waals surface area contributed by atoms with Gasteiger partial charge in [0.25, 0.3) is 0 Å². The van der Waals surface area contributed by atoms with Crippen molar-refractivity contribution >= 4 is 23.7 Å². The average Bonchev–Trinajstić information content (AvgIpc) is 2.99. The third-order valence-corrected chi connectivity index (χ3v) is 7.86. The van der Waals surface area contributed by atoms with Crippen molar-refractivity contribution in [3.63, 3.8) is 0 Å². The Bertz CT molecular complexity index is 567. The summed E-state index contributed by atoms with van der Waals surface area (Å²) in [4.78, 5) is 26.3. The predicted octanol–water partition coefficient (Wildman–Crippen LogP) is 3.80. The van der Waals surface area contributed by atoms with E-state index in [-0.39, 0.29) is 17.9 Å². The first-order chi connectivity index (χ1) is 12.1. The molecule has 4 nitrogen and oxygen atoms in total. The smallest absolute Gasteiger partial charge is 0.314 e. The topological polar surface area (TPSA) is 52.6 Å². The van der Waals surface area contributed by atoms with E-state index in [1.165, 1.54) is 42.6 Å². The molecule has 0 aromatic carbocycles. The van der Waals surface area contributed by atoms with Crippen LogP contribution in [0.4, 0.5) is 0 Å². The average molecular weight is 365 g/mol. The summed E-state index contributed by atoms with van der Waals surface area (Å²) in [5.74, 6) is 2.40. The molecule has 1 heterocycles. The molecule has 1 aliphatic heterocycles. The molecule has 25 heavy (non-hydrogen) atoms. The van der Waals surface area contributed by atoms with Crippen LogP contribution in [0.25, 0.3) is 0 Å². The summed E-state index contributed by atoms with van der Waals surface area (Å²) in [6.07, 6.45) is 6.55. The fourth-order valence-corrected chi connectivity index (χ4v) is 7.49. The van der Waals surface area contributed by atoms with E-state index >= 15 is 0 Å². The van der Waals surface area contributed by atoms with Gasteiger partial charge in [-0.15, -0.1) is 11.8 Å². The highest BCUT2D eigenvalue weighted by Gasteiger charge is 2.51. The van der Waals surface area contributed by atoms with Crippen LogP contribution >= 0.6 is 11.8 Å². The van der Waals surface area contributed by atoms with Crippen molar-refractivity contribution in [2.45, 2.75) is 46.0 Å². The standard InChI is InChI=1S/C20H28O4S/c1-3-23-19(21)15-10-25-18(17(15)20(22)24-4-2)16-13-6-11-5-12(8-13)9-14(16)7-11/h11-15,17H,3-10H2,1-2H3/t11?,12?,13?,14?,15-,17+/m1/s1. The summed E-state index contributed by atoms with van der Waals surface area (Å²) in [5.41, 5.74) is 1.52. The largest absolute Gasteiger partial charge is 0.466 e. The number of rotatable bonds is 4. The molecule has 5 rings (SSSR count). The molecule has 0 aromatic heterocycles. The molecule has 0 aromatic rings. The maximum absolute atomic E-state index is 12.7. The van der Waals surface area contributed by atoms with Crippen LogP contribution in [0, 0.1) is 35.5 Å². The van der Waals surface area contributed by atoms with Gasteiger partial charge < -0.3 is 9.47 Å². The zero-order valence-electron chi connectivity index (χ0n) is 15.2. The zero-order chi connectivity index (χ0) is 17.6. The van der Waals surface area contributed by atoms with E-state index in [4.69, 9.17) is 9.47 Å². The molecule has 5 heteroatoms. The molecule has 0 spiro atoms. The van der Waals surface area contributed by atoms with E-state index in [1.807, 2.05) is 13.8 Å². The molecular formula is C20H28O4S. The van der Waals surface area contributed by atoms with Crippen molar-refractivity contribution in [3.8, 4) is 0 Å². The number of hydrogen-bond donors (Lipinski definition) is 0. The van der Waals surface area contributed by atoms with Gasteiger partial charge in [-0.1, -0.05) is 5.57 Å². The molecule has 5 fully saturated rings. The minimum atomic E-state index is -0.434. The quantitative estimate of drug-likeness (QED) is 0.710. The summed E-state index contributed by atoms with van der Waals surface area (Å²) in [6.45, 7) is 4.36. The lowest BCUT2D eigenvalue weighted by molar-refractivity contribution is -0.157. The molecule has 4 saturated carbocycles. The fourth-order valence-electron chi connectivity index (χ4n) is 5.86. The van der Waals surface area contributed by atoms with E-state index < -0.39 is 5.92 Å². The van der Waals surface area contributed by atoms with E-state index in [2.05, 4.69) is 0 Å². The SMILES string of the molecule is CCOC(=O)[C@@H]1C(=C2C3CC4CC(C3)CC2C4)SC[C@H]1C(=O)OCC. The maximum atomic E-state index is 12.7. The number of esters is 2. The van der Waals surface area contributed by atoms with Crippen LogP contribution in [0.1, 0.15) is 46.0 Å². The monoisotopic (exact) mass is 364 g/mol. The first-order valence-corrected chi connectivity index (χ1v) is 10.8. The Morgan fingerprint density at radius 3 is 2.04 bits per heavy atom. The molecule has 1 saturated heterocycles. The first-order valence-electron chi connectivity index (χ1n) is 9.82. The maximum Gasteiger partial charge on any atom is 0.314 e. The van der Waals surface area contributed by atoms with Crippen LogP contribution in [0.2, 0.25) is 0 Å². The molecule has 0 amide bonds. The van der Waals surface area contributed by atoms with Crippen molar-refractivity contribution in [2.75, 3.05) is 19.0 Å². The van der Waals surface area contributed by atoms with Gasteiger partial charge in [-0.05, 0) is 74.5 Å². The number of carbonyl (C=O) groups is 2.